The maximum atomic E-state index is 10.6. The van der Waals surface area contributed by atoms with Gasteiger partial charge in [0.1, 0.15) is 12.0 Å². The largest absolute Gasteiger partial charge is 0.478 e. The Hall–Kier alpha value is -2.08. The number of aromatic nitrogens is 2. The van der Waals surface area contributed by atoms with Crippen molar-refractivity contribution in [2.45, 2.75) is 13.1 Å². The molecule has 0 aromatic carbocycles. The normalized spacial score (nSPS) is 10.6. The van der Waals surface area contributed by atoms with Crippen LogP contribution in [-0.4, -0.2) is 27.4 Å². The molecule has 2 N–H and O–H groups in total. The van der Waals surface area contributed by atoms with Gasteiger partial charge in [0.2, 0.25) is 0 Å². The molecule has 0 atom stereocenters. The zero-order valence-corrected chi connectivity index (χ0v) is 9.17. The third-order valence-corrected chi connectivity index (χ3v) is 2.28. The van der Waals surface area contributed by atoms with Gasteiger partial charge in [0, 0.05) is 18.9 Å². The van der Waals surface area contributed by atoms with Crippen molar-refractivity contribution in [3.63, 3.8) is 0 Å². The van der Waals surface area contributed by atoms with E-state index in [1.165, 1.54) is 12.3 Å². The van der Waals surface area contributed by atoms with E-state index in [2.05, 4.69) is 10.4 Å². The first-order valence-corrected chi connectivity index (χ1v) is 5.24. The fourth-order valence-corrected chi connectivity index (χ4v) is 1.42. The highest BCUT2D eigenvalue weighted by Crippen LogP contribution is 2.07. The molecule has 0 aliphatic rings. The highest BCUT2D eigenvalue weighted by atomic mass is 16.4. The summed E-state index contributed by atoms with van der Waals surface area (Å²) in [6.07, 6.45) is 4.86. The lowest BCUT2D eigenvalue weighted by Gasteiger charge is -2.02. The van der Waals surface area contributed by atoms with Crippen LogP contribution in [0.25, 0.3) is 0 Å². The Morgan fingerprint density at radius 2 is 2.47 bits per heavy atom. The molecule has 0 aliphatic carbocycles. The van der Waals surface area contributed by atoms with E-state index in [4.69, 9.17) is 9.52 Å². The molecular formula is C11H13N3O3. The summed E-state index contributed by atoms with van der Waals surface area (Å²) in [6, 6.07) is 3.38. The van der Waals surface area contributed by atoms with Crippen molar-refractivity contribution in [1.29, 1.82) is 0 Å². The minimum absolute atomic E-state index is 0.175. The molecule has 2 aromatic heterocycles. The number of furan rings is 1. The molecule has 0 radical (unpaired) electrons. The van der Waals surface area contributed by atoms with E-state index in [1.54, 1.807) is 6.20 Å². The van der Waals surface area contributed by atoms with Gasteiger partial charge in [-0.05, 0) is 12.1 Å². The van der Waals surface area contributed by atoms with E-state index >= 15 is 0 Å². The van der Waals surface area contributed by atoms with Crippen LogP contribution >= 0.6 is 0 Å². The number of hydrogen-bond acceptors (Lipinski definition) is 4. The molecule has 2 aromatic rings. The van der Waals surface area contributed by atoms with Crippen molar-refractivity contribution in [3.05, 3.63) is 42.1 Å². The maximum Gasteiger partial charge on any atom is 0.338 e. The minimum Gasteiger partial charge on any atom is -0.478 e. The summed E-state index contributed by atoms with van der Waals surface area (Å²) in [5.74, 6) is -0.362. The summed E-state index contributed by atoms with van der Waals surface area (Å²) in [5, 5.41) is 15.9. The van der Waals surface area contributed by atoms with Crippen molar-refractivity contribution in [2.75, 3.05) is 6.54 Å². The quantitative estimate of drug-likeness (QED) is 0.729. The molecule has 0 saturated heterocycles. The molecule has 0 aliphatic heterocycles. The molecule has 2 heterocycles. The summed E-state index contributed by atoms with van der Waals surface area (Å²) < 4.78 is 6.91. The van der Waals surface area contributed by atoms with Gasteiger partial charge in [-0.2, -0.15) is 5.10 Å². The Kier molecular flexibility index (Phi) is 3.56. The van der Waals surface area contributed by atoms with Crippen molar-refractivity contribution in [3.8, 4) is 0 Å². The van der Waals surface area contributed by atoms with Crippen LogP contribution in [0.2, 0.25) is 0 Å². The van der Waals surface area contributed by atoms with Crippen LogP contribution in [0.15, 0.2) is 35.2 Å². The number of carboxylic acids is 1. The summed E-state index contributed by atoms with van der Waals surface area (Å²) in [4.78, 5) is 10.6. The van der Waals surface area contributed by atoms with Crippen molar-refractivity contribution >= 4 is 5.97 Å². The molecule has 0 unspecified atom stereocenters. The van der Waals surface area contributed by atoms with E-state index in [9.17, 15) is 4.79 Å². The lowest BCUT2D eigenvalue weighted by atomic mass is 10.3. The third kappa shape index (κ3) is 3.18. The van der Waals surface area contributed by atoms with Gasteiger partial charge in [-0.25, -0.2) is 4.79 Å². The van der Waals surface area contributed by atoms with Crippen molar-refractivity contribution in [2.24, 2.45) is 0 Å². The molecule has 2 rings (SSSR count). The van der Waals surface area contributed by atoms with Crippen LogP contribution in [0, 0.1) is 0 Å². The molecule has 6 heteroatoms. The van der Waals surface area contributed by atoms with Gasteiger partial charge in [0.15, 0.2) is 0 Å². The first-order valence-electron chi connectivity index (χ1n) is 5.24. The number of hydrogen-bond donors (Lipinski definition) is 2. The molecule has 0 bridgehead atoms. The van der Waals surface area contributed by atoms with E-state index in [0.717, 1.165) is 13.1 Å². The topological polar surface area (TPSA) is 80.3 Å². The van der Waals surface area contributed by atoms with Crippen LogP contribution in [-0.2, 0) is 13.1 Å². The van der Waals surface area contributed by atoms with E-state index in [-0.39, 0.29) is 5.56 Å². The zero-order chi connectivity index (χ0) is 12.1. The van der Waals surface area contributed by atoms with Gasteiger partial charge >= 0.3 is 5.97 Å². The average Bonchev–Trinajstić information content (AvgIpc) is 2.96. The van der Waals surface area contributed by atoms with Gasteiger partial charge in [-0.15, -0.1) is 0 Å². The predicted octanol–water partition coefficient (Wildman–Crippen LogP) is 0.964. The third-order valence-electron chi connectivity index (χ3n) is 2.28. The molecular weight excluding hydrogens is 222 g/mol. The summed E-state index contributed by atoms with van der Waals surface area (Å²) in [7, 11) is 0. The van der Waals surface area contributed by atoms with E-state index in [0.29, 0.717) is 12.3 Å². The molecule has 90 valence electrons. The van der Waals surface area contributed by atoms with Gasteiger partial charge in [-0.1, -0.05) is 0 Å². The second kappa shape index (κ2) is 5.31. The number of carbonyl (C=O) groups is 1. The Morgan fingerprint density at radius 1 is 1.59 bits per heavy atom. The molecule has 0 spiro atoms. The average molecular weight is 235 g/mol. The Morgan fingerprint density at radius 3 is 3.12 bits per heavy atom. The SMILES string of the molecule is O=C(O)c1coc(CNCCn2cccn2)c1. The Balaban J connectivity index is 1.72. The highest BCUT2D eigenvalue weighted by Gasteiger charge is 2.07. The standard InChI is InChI=1S/C11H13N3O3/c15-11(16)9-6-10(17-8-9)7-12-3-5-14-4-1-2-13-14/h1-2,4,6,8,12H,3,5,7H2,(H,15,16). The smallest absolute Gasteiger partial charge is 0.338 e. The minimum atomic E-state index is -0.975. The van der Waals surface area contributed by atoms with Crippen LogP contribution in [0.4, 0.5) is 0 Å². The van der Waals surface area contributed by atoms with Crippen molar-refractivity contribution < 1.29 is 14.3 Å². The lowest BCUT2D eigenvalue weighted by Crippen LogP contribution is -2.19. The second-order valence-corrected chi connectivity index (χ2v) is 3.55. The number of rotatable bonds is 6. The zero-order valence-electron chi connectivity index (χ0n) is 9.17. The highest BCUT2D eigenvalue weighted by molar-refractivity contribution is 5.87. The molecule has 0 saturated carbocycles. The monoisotopic (exact) mass is 235 g/mol. The summed E-state index contributed by atoms with van der Waals surface area (Å²) in [5.41, 5.74) is 0.175. The van der Waals surface area contributed by atoms with Gasteiger partial charge in [0.05, 0.1) is 18.7 Å². The van der Waals surface area contributed by atoms with E-state index in [1.807, 2.05) is 16.9 Å². The number of nitrogens with one attached hydrogen (secondary N) is 1. The first kappa shape index (κ1) is 11.4. The molecule has 0 fully saturated rings. The second-order valence-electron chi connectivity index (χ2n) is 3.55. The molecule has 0 amide bonds. The summed E-state index contributed by atoms with van der Waals surface area (Å²) in [6.45, 7) is 2.01. The lowest BCUT2D eigenvalue weighted by molar-refractivity contribution is 0.0696. The molecule has 6 nitrogen and oxygen atoms in total. The van der Waals surface area contributed by atoms with Crippen LogP contribution in [0.5, 0.6) is 0 Å². The van der Waals surface area contributed by atoms with Gasteiger partial charge in [-0.3, -0.25) is 4.68 Å². The van der Waals surface area contributed by atoms with Crippen LogP contribution in [0.1, 0.15) is 16.1 Å². The number of aromatic carboxylic acids is 1. The van der Waals surface area contributed by atoms with Gasteiger partial charge < -0.3 is 14.8 Å². The molecule has 17 heavy (non-hydrogen) atoms. The maximum absolute atomic E-state index is 10.6. The Labute approximate surface area is 97.9 Å². The summed E-state index contributed by atoms with van der Waals surface area (Å²) >= 11 is 0. The van der Waals surface area contributed by atoms with Gasteiger partial charge in [0.25, 0.3) is 0 Å². The van der Waals surface area contributed by atoms with Crippen molar-refractivity contribution in [1.82, 2.24) is 15.1 Å². The van der Waals surface area contributed by atoms with Crippen LogP contribution < -0.4 is 5.32 Å². The fourth-order valence-electron chi connectivity index (χ4n) is 1.42. The number of nitrogens with zero attached hydrogens (tertiary/aromatic N) is 2. The van der Waals surface area contributed by atoms with Crippen LogP contribution in [0.3, 0.4) is 0 Å². The first-order chi connectivity index (χ1) is 8.25. The predicted molar refractivity (Wildman–Crippen MR) is 59.6 cm³/mol. The Bertz CT molecular complexity index is 476. The number of carboxylic acid groups (broad SMARTS) is 1. The fraction of sp³-hybridized carbons (Fsp3) is 0.273. The van der Waals surface area contributed by atoms with E-state index < -0.39 is 5.97 Å².